The quantitative estimate of drug-likeness (QED) is 0.725. The van der Waals surface area contributed by atoms with Crippen LogP contribution in [0.5, 0.6) is 0 Å². The summed E-state index contributed by atoms with van der Waals surface area (Å²) in [6.45, 7) is 5.09. The summed E-state index contributed by atoms with van der Waals surface area (Å²) in [7, 11) is 2.11. The first-order chi connectivity index (χ1) is 6.79. The van der Waals surface area contributed by atoms with Gasteiger partial charge in [0.1, 0.15) is 0 Å². The SMILES string of the molecule is CNC1CCCC(N2CCC(C)C2)C1. The number of hydrogen-bond donors (Lipinski definition) is 1. The maximum absolute atomic E-state index is 3.44. The Morgan fingerprint density at radius 2 is 2.07 bits per heavy atom. The van der Waals surface area contributed by atoms with Gasteiger partial charge in [-0.2, -0.15) is 0 Å². The average molecular weight is 196 g/mol. The van der Waals surface area contributed by atoms with Crippen LogP contribution < -0.4 is 5.32 Å². The highest BCUT2D eigenvalue weighted by Crippen LogP contribution is 2.27. The van der Waals surface area contributed by atoms with Gasteiger partial charge in [-0.3, -0.25) is 0 Å². The van der Waals surface area contributed by atoms with E-state index in [9.17, 15) is 0 Å². The van der Waals surface area contributed by atoms with E-state index < -0.39 is 0 Å². The molecule has 1 heterocycles. The number of rotatable bonds is 2. The lowest BCUT2D eigenvalue weighted by atomic mass is 9.90. The molecule has 3 atom stereocenters. The van der Waals surface area contributed by atoms with Gasteiger partial charge in [-0.25, -0.2) is 0 Å². The number of nitrogens with one attached hydrogen (secondary N) is 1. The molecule has 2 nitrogen and oxygen atoms in total. The van der Waals surface area contributed by atoms with Gasteiger partial charge in [-0.05, 0) is 45.2 Å². The molecular formula is C12H24N2. The standard InChI is InChI=1S/C12H24N2/c1-10-6-7-14(9-10)12-5-3-4-11(8-12)13-2/h10-13H,3-9H2,1-2H3. The summed E-state index contributed by atoms with van der Waals surface area (Å²) >= 11 is 0. The lowest BCUT2D eigenvalue weighted by molar-refractivity contribution is 0.167. The normalized spacial score (nSPS) is 40.3. The summed E-state index contributed by atoms with van der Waals surface area (Å²) in [6.07, 6.45) is 7.03. The van der Waals surface area contributed by atoms with Crippen LogP contribution in [0.25, 0.3) is 0 Å². The Morgan fingerprint density at radius 1 is 1.21 bits per heavy atom. The molecule has 2 fully saturated rings. The van der Waals surface area contributed by atoms with Crippen LogP contribution in [0.15, 0.2) is 0 Å². The maximum Gasteiger partial charge on any atom is 0.0110 e. The highest BCUT2D eigenvalue weighted by atomic mass is 15.2. The van der Waals surface area contributed by atoms with Crippen LogP contribution in [-0.2, 0) is 0 Å². The van der Waals surface area contributed by atoms with Gasteiger partial charge in [0.25, 0.3) is 0 Å². The van der Waals surface area contributed by atoms with E-state index in [2.05, 4.69) is 24.2 Å². The first kappa shape index (κ1) is 10.4. The summed E-state index contributed by atoms with van der Waals surface area (Å²) in [5.41, 5.74) is 0. The van der Waals surface area contributed by atoms with Crippen molar-refractivity contribution in [3.8, 4) is 0 Å². The lowest BCUT2D eigenvalue weighted by Crippen LogP contribution is -2.42. The molecule has 0 amide bonds. The molecule has 14 heavy (non-hydrogen) atoms. The summed E-state index contributed by atoms with van der Waals surface area (Å²) in [6, 6.07) is 1.66. The molecule has 0 aromatic heterocycles. The predicted molar refractivity (Wildman–Crippen MR) is 60.5 cm³/mol. The third-order valence-electron chi connectivity index (χ3n) is 4.03. The first-order valence-electron chi connectivity index (χ1n) is 6.21. The molecule has 2 heteroatoms. The van der Waals surface area contributed by atoms with Crippen molar-refractivity contribution in [2.45, 2.75) is 51.1 Å². The monoisotopic (exact) mass is 196 g/mol. The molecule has 0 radical (unpaired) electrons. The second-order valence-corrected chi connectivity index (χ2v) is 5.19. The fraction of sp³-hybridized carbons (Fsp3) is 1.00. The second kappa shape index (κ2) is 4.63. The predicted octanol–water partition coefficient (Wildman–Crippen LogP) is 1.86. The molecule has 3 unspecified atom stereocenters. The van der Waals surface area contributed by atoms with Crippen molar-refractivity contribution >= 4 is 0 Å². The molecule has 1 saturated heterocycles. The maximum atomic E-state index is 3.44. The molecule has 1 aliphatic carbocycles. The zero-order chi connectivity index (χ0) is 9.97. The van der Waals surface area contributed by atoms with Crippen LogP contribution in [0.2, 0.25) is 0 Å². The second-order valence-electron chi connectivity index (χ2n) is 5.19. The van der Waals surface area contributed by atoms with Crippen molar-refractivity contribution in [2.75, 3.05) is 20.1 Å². The van der Waals surface area contributed by atoms with E-state index in [4.69, 9.17) is 0 Å². The van der Waals surface area contributed by atoms with Gasteiger partial charge in [0.2, 0.25) is 0 Å². The highest BCUT2D eigenvalue weighted by molar-refractivity contribution is 4.86. The summed E-state index contributed by atoms with van der Waals surface area (Å²) < 4.78 is 0. The third kappa shape index (κ3) is 2.29. The van der Waals surface area contributed by atoms with E-state index in [0.29, 0.717) is 0 Å². The Bertz CT molecular complexity index is 181. The van der Waals surface area contributed by atoms with Crippen molar-refractivity contribution in [3.63, 3.8) is 0 Å². The largest absolute Gasteiger partial charge is 0.317 e. The Balaban J connectivity index is 1.84. The molecule has 0 spiro atoms. The van der Waals surface area contributed by atoms with Gasteiger partial charge in [0, 0.05) is 18.6 Å². The number of likely N-dealkylation sites (tertiary alicyclic amines) is 1. The molecule has 0 bridgehead atoms. The van der Waals surface area contributed by atoms with Crippen LogP contribution in [0, 0.1) is 5.92 Å². The molecule has 1 N–H and O–H groups in total. The summed E-state index contributed by atoms with van der Waals surface area (Å²) in [5.74, 6) is 0.935. The van der Waals surface area contributed by atoms with E-state index in [1.807, 2.05) is 0 Å². The molecule has 2 rings (SSSR count). The van der Waals surface area contributed by atoms with Gasteiger partial charge in [-0.1, -0.05) is 13.3 Å². The van der Waals surface area contributed by atoms with E-state index in [-0.39, 0.29) is 0 Å². The van der Waals surface area contributed by atoms with Gasteiger partial charge in [-0.15, -0.1) is 0 Å². The number of nitrogens with zero attached hydrogens (tertiary/aromatic N) is 1. The van der Waals surface area contributed by atoms with Gasteiger partial charge >= 0.3 is 0 Å². The van der Waals surface area contributed by atoms with Crippen molar-refractivity contribution in [2.24, 2.45) is 5.92 Å². The minimum absolute atomic E-state index is 0.782. The minimum atomic E-state index is 0.782. The van der Waals surface area contributed by atoms with E-state index in [1.165, 1.54) is 45.2 Å². The first-order valence-corrected chi connectivity index (χ1v) is 6.21. The van der Waals surface area contributed by atoms with E-state index in [0.717, 1.165) is 18.0 Å². The fourth-order valence-electron chi connectivity index (χ4n) is 3.06. The van der Waals surface area contributed by atoms with Crippen molar-refractivity contribution in [1.82, 2.24) is 10.2 Å². The molecule has 1 saturated carbocycles. The van der Waals surface area contributed by atoms with E-state index >= 15 is 0 Å². The number of hydrogen-bond acceptors (Lipinski definition) is 2. The summed E-state index contributed by atoms with van der Waals surface area (Å²) in [4.78, 5) is 2.73. The Hall–Kier alpha value is -0.0800. The van der Waals surface area contributed by atoms with Crippen molar-refractivity contribution in [1.29, 1.82) is 0 Å². The van der Waals surface area contributed by atoms with Crippen molar-refractivity contribution < 1.29 is 0 Å². The fourth-order valence-corrected chi connectivity index (χ4v) is 3.06. The Labute approximate surface area is 88.1 Å². The molecule has 0 aromatic rings. The highest BCUT2D eigenvalue weighted by Gasteiger charge is 2.29. The average Bonchev–Trinajstić information content (AvgIpc) is 2.65. The van der Waals surface area contributed by atoms with Crippen LogP contribution in [0.4, 0.5) is 0 Å². The molecule has 82 valence electrons. The zero-order valence-corrected chi connectivity index (χ0v) is 9.63. The van der Waals surface area contributed by atoms with Gasteiger partial charge < -0.3 is 10.2 Å². The zero-order valence-electron chi connectivity index (χ0n) is 9.63. The third-order valence-corrected chi connectivity index (χ3v) is 4.03. The molecule has 1 aliphatic heterocycles. The smallest absolute Gasteiger partial charge is 0.0110 e. The van der Waals surface area contributed by atoms with Crippen LogP contribution >= 0.6 is 0 Å². The van der Waals surface area contributed by atoms with Crippen LogP contribution in [0.1, 0.15) is 39.0 Å². The Morgan fingerprint density at radius 3 is 2.71 bits per heavy atom. The van der Waals surface area contributed by atoms with Crippen LogP contribution in [0.3, 0.4) is 0 Å². The van der Waals surface area contributed by atoms with Gasteiger partial charge in [0.15, 0.2) is 0 Å². The van der Waals surface area contributed by atoms with E-state index in [1.54, 1.807) is 0 Å². The van der Waals surface area contributed by atoms with Crippen LogP contribution in [-0.4, -0.2) is 37.1 Å². The Kier molecular flexibility index (Phi) is 3.45. The van der Waals surface area contributed by atoms with Crippen molar-refractivity contribution in [3.05, 3.63) is 0 Å². The molecular weight excluding hydrogens is 172 g/mol. The van der Waals surface area contributed by atoms with Gasteiger partial charge in [0.05, 0.1) is 0 Å². The lowest BCUT2D eigenvalue weighted by Gasteiger charge is -2.35. The summed E-state index contributed by atoms with van der Waals surface area (Å²) in [5, 5.41) is 3.44. The molecule has 2 aliphatic rings. The molecule has 0 aromatic carbocycles. The topological polar surface area (TPSA) is 15.3 Å². The minimum Gasteiger partial charge on any atom is -0.317 e.